The minimum absolute atomic E-state index is 0.279. The summed E-state index contributed by atoms with van der Waals surface area (Å²) in [5, 5.41) is 20.6. The van der Waals surface area contributed by atoms with E-state index in [-0.39, 0.29) is 5.91 Å². The lowest BCUT2D eigenvalue weighted by atomic mass is 9.95. The number of carbonyl (C=O) groups excluding carboxylic acids is 1. The van der Waals surface area contributed by atoms with E-state index in [2.05, 4.69) is 5.32 Å². The van der Waals surface area contributed by atoms with Crippen LogP contribution >= 0.6 is 0 Å². The minimum atomic E-state index is -0.976. The van der Waals surface area contributed by atoms with E-state index in [0.717, 1.165) is 0 Å². The Labute approximate surface area is 95.9 Å². The van der Waals surface area contributed by atoms with Gasteiger partial charge in [-0.25, -0.2) is 0 Å². The third-order valence-electron chi connectivity index (χ3n) is 2.80. The smallest absolute Gasteiger partial charge is 0.307 e. The fraction of sp³-hybridized carbons (Fsp3) is 0.818. The quantitative estimate of drug-likeness (QED) is 0.599. The summed E-state index contributed by atoms with van der Waals surface area (Å²) in [7, 11) is 0. The molecule has 3 unspecified atom stereocenters. The van der Waals surface area contributed by atoms with Gasteiger partial charge < -0.3 is 15.5 Å². The van der Waals surface area contributed by atoms with Gasteiger partial charge in [0.15, 0.2) is 0 Å². The Hall–Kier alpha value is -1.10. The van der Waals surface area contributed by atoms with Gasteiger partial charge in [-0.3, -0.25) is 9.59 Å². The topological polar surface area (TPSA) is 86.6 Å². The number of aliphatic hydroxyl groups is 1. The molecule has 16 heavy (non-hydrogen) atoms. The number of carboxylic acid groups (broad SMARTS) is 1. The molecule has 0 fully saturated rings. The second kappa shape index (κ2) is 7.22. The lowest BCUT2D eigenvalue weighted by Gasteiger charge is -2.16. The number of hydrogen-bond donors (Lipinski definition) is 3. The van der Waals surface area contributed by atoms with Gasteiger partial charge in [0.25, 0.3) is 0 Å². The highest BCUT2D eigenvalue weighted by Crippen LogP contribution is 2.10. The van der Waals surface area contributed by atoms with Crippen molar-refractivity contribution in [1.29, 1.82) is 0 Å². The first-order valence-corrected chi connectivity index (χ1v) is 5.58. The molecule has 0 heterocycles. The second-order valence-electron chi connectivity index (χ2n) is 4.06. The van der Waals surface area contributed by atoms with Gasteiger partial charge in [-0.05, 0) is 12.8 Å². The molecule has 5 nitrogen and oxygen atoms in total. The molecule has 0 saturated heterocycles. The van der Waals surface area contributed by atoms with Gasteiger partial charge in [-0.15, -0.1) is 0 Å². The fourth-order valence-corrected chi connectivity index (χ4v) is 1.17. The first-order chi connectivity index (χ1) is 7.40. The molecule has 0 aromatic carbocycles. The van der Waals surface area contributed by atoms with Gasteiger partial charge in [0, 0.05) is 12.5 Å². The predicted octanol–water partition coefficient (Wildman–Crippen LogP) is 0.620. The number of carboxylic acids is 1. The molecule has 0 aromatic heterocycles. The highest BCUT2D eigenvalue weighted by Gasteiger charge is 2.25. The Balaban J connectivity index is 3.93. The number of aliphatic carboxylic acids is 1. The maximum Gasteiger partial charge on any atom is 0.307 e. The molecule has 0 radical (unpaired) electrons. The van der Waals surface area contributed by atoms with Crippen LogP contribution in [0.1, 0.15) is 33.6 Å². The maximum atomic E-state index is 11.5. The molecule has 0 aliphatic carbocycles. The summed E-state index contributed by atoms with van der Waals surface area (Å²) >= 11 is 0. The van der Waals surface area contributed by atoms with E-state index >= 15 is 0 Å². The van der Waals surface area contributed by atoms with Gasteiger partial charge in [0.2, 0.25) is 5.91 Å². The molecule has 0 aliphatic rings. The predicted molar refractivity (Wildman–Crippen MR) is 59.9 cm³/mol. The molecule has 94 valence electrons. The largest absolute Gasteiger partial charge is 0.481 e. The van der Waals surface area contributed by atoms with Crippen LogP contribution in [0.15, 0.2) is 0 Å². The van der Waals surface area contributed by atoms with Gasteiger partial charge >= 0.3 is 5.97 Å². The van der Waals surface area contributed by atoms with Crippen molar-refractivity contribution in [1.82, 2.24) is 5.32 Å². The Bertz CT molecular complexity index is 242. The van der Waals surface area contributed by atoms with Crippen LogP contribution in [0.5, 0.6) is 0 Å². The Morgan fingerprint density at radius 1 is 1.25 bits per heavy atom. The number of amides is 1. The number of nitrogens with one attached hydrogen (secondary N) is 1. The van der Waals surface area contributed by atoms with Crippen LogP contribution < -0.4 is 5.32 Å². The highest BCUT2D eigenvalue weighted by molar-refractivity contribution is 5.84. The molecule has 0 saturated carbocycles. The first-order valence-electron chi connectivity index (χ1n) is 5.58. The van der Waals surface area contributed by atoms with Crippen LogP contribution in [-0.2, 0) is 9.59 Å². The van der Waals surface area contributed by atoms with Gasteiger partial charge in [-0.1, -0.05) is 20.8 Å². The van der Waals surface area contributed by atoms with Crippen molar-refractivity contribution >= 4 is 11.9 Å². The minimum Gasteiger partial charge on any atom is -0.481 e. The SMILES string of the molecule is CCC(O)CCNC(=O)C(C)C(C)C(=O)O. The molecule has 0 aliphatic heterocycles. The molecule has 0 bridgehead atoms. The summed E-state index contributed by atoms with van der Waals surface area (Å²) in [6.07, 6.45) is 0.736. The van der Waals surface area contributed by atoms with E-state index in [0.29, 0.717) is 19.4 Å². The lowest BCUT2D eigenvalue weighted by molar-refractivity contribution is -0.146. The first kappa shape index (κ1) is 14.9. The second-order valence-corrected chi connectivity index (χ2v) is 4.06. The van der Waals surface area contributed by atoms with Crippen molar-refractivity contribution in [3.63, 3.8) is 0 Å². The molecule has 3 atom stereocenters. The van der Waals surface area contributed by atoms with E-state index in [1.165, 1.54) is 6.92 Å². The van der Waals surface area contributed by atoms with Gasteiger partial charge in [0.05, 0.1) is 12.0 Å². The maximum absolute atomic E-state index is 11.5. The normalized spacial score (nSPS) is 16.2. The zero-order valence-electron chi connectivity index (χ0n) is 10.1. The van der Waals surface area contributed by atoms with Crippen LogP contribution in [0.25, 0.3) is 0 Å². The summed E-state index contributed by atoms with van der Waals surface area (Å²) in [5.41, 5.74) is 0. The van der Waals surface area contributed by atoms with Gasteiger partial charge in [-0.2, -0.15) is 0 Å². The molecule has 5 heteroatoms. The molecule has 0 spiro atoms. The van der Waals surface area contributed by atoms with Crippen molar-refractivity contribution in [2.75, 3.05) is 6.54 Å². The zero-order chi connectivity index (χ0) is 12.7. The van der Waals surface area contributed by atoms with E-state index in [4.69, 9.17) is 5.11 Å². The lowest BCUT2D eigenvalue weighted by Crippen LogP contribution is -2.36. The monoisotopic (exact) mass is 231 g/mol. The highest BCUT2D eigenvalue weighted by atomic mass is 16.4. The molecule has 0 rings (SSSR count). The van der Waals surface area contributed by atoms with Crippen molar-refractivity contribution in [3.8, 4) is 0 Å². The standard InChI is InChI=1S/C11H21NO4/c1-4-9(13)5-6-12-10(14)7(2)8(3)11(15)16/h7-9,13H,4-6H2,1-3H3,(H,12,14)(H,15,16). The summed E-state index contributed by atoms with van der Waals surface area (Å²) in [6.45, 7) is 5.34. The number of carbonyl (C=O) groups is 2. The number of aliphatic hydroxyl groups excluding tert-OH is 1. The summed E-state index contributed by atoms with van der Waals surface area (Å²) in [5.74, 6) is -2.51. The van der Waals surface area contributed by atoms with Crippen LogP contribution in [0.3, 0.4) is 0 Å². The summed E-state index contributed by atoms with van der Waals surface area (Å²) in [4.78, 5) is 22.2. The van der Waals surface area contributed by atoms with Gasteiger partial charge in [0.1, 0.15) is 0 Å². The van der Waals surface area contributed by atoms with Crippen LogP contribution in [0.4, 0.5) is 0 Å². The van der Waals surface area contributed by atoms with Crippen LogP contribution in [0.2, 0.25) is 0 Å². The third-order valence-corrected chi connectivity index (χ3v) is 2.80. The van der Waals surface area contributed by atoms with Crippen LogP contribution in [0, 0.1) is 11.8 Å². The molecular formula is C11H21NO4. The van der Waals surface area contributed by atoms with Crippen molar-refractivity contribution in [2.45, 2.75) is 39.7 Å². The Morgan fingerprint density at radius 3 is 2.25 bits per heavy atom. The number of rotatable bonds is 7. The third kappa shape index (κ3) is 5.11. The Kier molecular flexibility index (Phi) is 6.72. The van der Waals surface area contributed by atoms with E-state index in [1.54, 1.807) is 6.92 Å². The van der Waals surface area contributed by atoms with Crippen LogP contribution in [-0.4, -0.2) is 34.7 Å². The van der Waals surface area contributed by atoms with Crippen molar-refractivity contribution in [2.24, 2.45) is 11.8 Å². The fourth-order valence-electron chi connectivity index (χ4n) is 1.17. The van der Waals surface area contributed by atoms with Crippen molar-refractivity contribution in [3.05, 3.63) is 0 Å². The zero-order valence-corrected chi connectivity index (χ0v) is 10.1. The average molecular weight is 231 g/mol. The number of hydrogen-bond acceptors (Lipinski definition) is 3. The summed E-state index contributed by atoms with van der Waals surface area (Å²) < 4.78 is 0. The average Bonchev–Trinajstić information content (AvgIpc) is 2.26. The Morgan fingerprint density at radius 2 is 1.81 bits per heavy atom. The van der Waals surface area contributed by atoms with E-state index in [1.807, 2.05) is 6.92 Å². The summed E-state index contributed by atoms with van der Waals surface area (Å²) in [6, 6.07) is 0. The molecule has 1 amide bonds. The molecule has 0 aromatic rings. The van der Waals surface area contributed by atoms with Crippen molar-refractivity contribution < 1.29 is 19.8 Å². The van der Waals surface area contributed by atoms with E-state index < -0.39 is 23.9 Å². The van der Waals surface area contributed by atoms with E-state index in [9.17, 15) is 14.7 Å². The molecular weight excluding hydrogens is 210 g/mol. The molecule has 3 N–H and O–H groups in total.